The fraction of sp³-hybridized carbons (Fsp3) is 0.167. The zero-order valence-electron chi connectivity index (χ0n) is 13.5. The first kappa shape index (κ1) is 15.6. The van der Waals surface area contributed by atoms with Gasteiger partial charge >= 0.3 is 0 Å². The summed E-state index contributed by atoms with van der Waals surface area (Å²) in [5, 5.41) is 7.00. The molecule has 1 aliphatic rings. The Morgan fingerprint density at radius 2 is 2.08 bits per heavy atom. The van der Waals surface area contributed by atoms with Crippen molar-refractivity contribution < 1.29 is 9.59 Å². The molecule has 0 fully saturated rings. The van der Waals surface area contributed by atoms with Gasteiger partial charge in [-0.2, -0.15) is 0 Å². The number of anilines is 2. The van der Waals surface area contributed by atoms with E-state index in [1.807, 2.05) is 30.3 Å². The molecule has 1 aliphatic heterocycles. The van der Waals surface area contributed by atoms with Gasteiger partial charge in [-0.05, 0) is 24.4 Å². The van der Waals surface area contributed by atoms with Crippen LogP contribution in [-0.2, 0) is 11.3 Å². The van der Waals surface area contributed by atoms with E-state index in [1.165, 1.54) is 11.3 Å². The van der Waals surface area contributed by atoms with Gasteiger partial charge in [0.25, 0.3) is 5.91 Å². The van der Waals surface area contributed by atoms with Crippen molar-refractivity contribution in [2.75, 3.05) is 10.6 Å². The summed E-state index contributed by atoms with van der Waals surface area (Å²) in [6.07, 6.45) is 0. The molecule has 3 aromatic rings. The summed E-state index contributed by atoms with van der Waals surface area (Å²) < 4.78 is 0. The van der Waals surface area contributed by atoms with E-state index >= 15 is 0 Å². The molecule has 4 rings (SSSR count). The van der Waals surface area contributed by atoms with Gasteiger partial charge in [0.2, 0.25) is 5.91 Å². The summed E-state index contributed by atoms with van der Waals surface area (Å²) in [6, 6.07) is 10.8. The first-order chi connectivity index (χ1) is 12.1. The van der Waals surface area contributed by atoms with Gasteiger partial charge in [-0.3, -0.25) is 14.5 Å². The van der Waals surface area contributed by atoms with Crippen LogP contribution in [0.2, 0.25) is 0 Å². The van der Waals surface area contributed by atoms with Gasteiger partial charge in [-0.1, -0.05) is 24.3 Å². The molecule has 126 valence electrons. The zero-order chi connectivity index (χ0) is 17.6. The molecule has 1 aromatic heterocycles. The molecule has 1 atom stereocenters. The van der Waals surface area contributed by atoms with Crippen LogP contribution >= 0.6 is 11.3 Å². The molecule has 6 nitrogen and oxygen atoms in total. The molecule has 25 heavy (non-hydrogen) atoms. The number of nitrogens with zero attached hydrogens (tertiary/aromatic N) is 2. The van der Waals surface area contributed by atoms with E-state index in [0.717, 1.165) is 16.5 Å². The van der Waals surface area contributed by atoms with Crippen molar-refractivity contribution in [3.63, 3.8) is 0 Å². The highest BCUT2D eigenvalue weighted by molar-refractivity contribution is 7.13. The fourth-order valence-electron chi connectivity index (χ4n) is 3.17. The lowest BCUT2D eigenvalue weighted by atomic mass is 10.1. The molecule has 0 unspecified atom stereocenters. The summed E-state index contributed by atoms with van der Waals surface area (Å²) in [5.41, 5.74) is 7.72. The lowest BCUT2D eigenvalue weighted by Crippen LogP contribution is -2.46. The lowest BCUT2D eigenvalue weighted by Gasteiger charge is -2.24. The molecule has 3 N–H and O–H groups in total. The van der Waals surface area contributed by atoms with Gasteiger partial charge in [0.05, 0.1) is 17.9 Å². The SMILES string of the molecule is C[C@H](C(=O)NCc1csc(N)n1)N1C(=O)c2cccc3cccc1c23. The number of carbonyl (C=O) groups is 2. The first-order valence-electron chi connectivity index (χ1n) is 7.89. The number of nitrogen functional groups attached to an aromatic ring is 1. The van der Waals surface area contributed by atoms with Crippen LogP contribution < -0.4 is 16.0 Å². The second-order valence-electron chi connectivity index (χ2n) is 5.93. The maximum atomic E-state index is 12.8. The number of amides is 2. The molecule has 0 saturated heterocycles. The summed E-state index contributed by atoms with van der Waals surface area (Å²) in [7, 11) is 0. The van der Waals surface area contributed by atoms with E-state index in [4.69, 9.17) is 5.73 Å². The Morgan fingerprint density at radius 1 is 1.32 bits per heavy atom. The van der Waals surface area contributed by atoms with Crippen molar-refractivity contribution in [3.8, 4) is 0 Å². The van der Waals surface area contributed by atoms with E-state index in [0.29, 0.717) is 16.4 Å². The van der Waals surface area contributed by atoms with Gasteiger partial charge in [0.15, 0.2) is 5.13 Å². The van der Waals surface area contributed by atoms with Crippen molar-refractivity contribution in [2.45, 2.75) is 19.5 Å². The minimum atomic E-state index is -0.624. The van der Waals surface area contributed by atoms with Crippen LogP contribution in [0.25, 0.3) is 10.8 Å². The molecule has 2 aromatic carbocycles. The van der Waals surface area contributed by atoms with Crippen LogP contribution in [-0.4, -0.2) is 22.8 Å². The minimum Gasteiger partial charge on any atom is -0.375 e. The Hall–Kier alpha value is -2.93. The average molecular weight is 352 g/mol. The molecule has 2 amide bonds. The number of nitrogens with two attached hydrogens (primary N) is 1. The fourth-order valence-corrected chi connectivity index (χ4v) is 3.73. The monoisotopic (exact) mass is 352 g/mol. The Balaban J connectivity index is 1.58. The second-order valence-corrected chi connectivity index (χ2v) is 6.82. The third-order valence-corrected chi connectivity index (χ3v) is 5.09. The third-order valence-electron chi connectivity index (χ3n) is 4.37. The largest absolute Gasteiger partial charge is 0.375 e. The Labute approximate surface area is 148 Å². The third kappa shape index (κ3) is 2.53. The summed E-state index contributed by atoms with van der Waals surface area (Å²) in [6.45, 7) is 2.02. The number of aromatic nitrogens is 1. The molecule has 0 saturated carbocycles. The van der Waals surface area contributed by atoms with Gasteiger partial charge < -0.3 is 11.1 Å². The zero-order valence-corrected chi connectivity index (χ0v) is 14.3. The number of hydrogen-bond donors (Lipinski definition) is 2. The van der Waals surface area contributed by atoms with E-state index in [2.05, 4.69) is 10.3 Å². The Kier molecular flexibility index (Phi) is 3.65. The van der Waals surface area contributed by atoms with Crippen LogP contribution in [0.4, 0.5) is 10.8 Å². The molecule has 0 spiro atoms. The number of nitrogens with one attached hydrogen (secondary N) is 1. The predicted octanol–water partition coefficient (Wildman–Crippen LogP) is 2.54. The van der Waals surface area contributed by atoms with Crippen LogP contribution in [0.3, 0.4) is 0 Å². The number of carbonyl (C=O) groups excluding carboxylic acids is 2. The van der Waals surface area contributed by atoms with Crippen LogP contribution in [0.1, 0.15) is 23.0 Å². The topological polar surface area (TPSA) is 88.3 Å². The van der Waals surface area contributed by atoms with E-state index in [-0.39, 0.29) is 18.4 Å². The van der Waals surface area contributed by atoms with Gasteiger partial charge in [-0.15, -0.1) is 11.3 Å². The number of rotatable bonds is 4. The highest BCUT2D eigenvalue weighted by Crippen LogP contribution is 2.38. The molecule has 7 heteroatoms. The molecular formula is C18H16N4O2S. The summed E-state index contributed by atoms with van der Waals surface area (Å²) in [5.74, 6) is -0.378. The standard InChI is InChI=1S/C18H16N4O2S/c1-10(16(23)20-8-12-9-25-18(19)21-12)22-14-7-3-5-11-4-2-6-13(15(11)14)17(22)24/h2-7,9-10H,8H2,1H3,(H2,19,21)(H,20,23)/t10-/m1/s1. The highest BCUT2D eigenvalue weighted by atomic mass is 32.1. The van der Waals surface area contributed by atoms with Crippen LogP contribution in [0, 0.1) is 0 Å². The van der Waals surface area contributed by atoms with Gasteiger partial charge in [0, 0.05) is 16.3 Å². The predicted molar refractivity (Wildman–Crippen MR) is 98.6 cm³/mol. The molecule has 0 radical (unpaired) electrons. The lowest BCUT2D eigenvalue weighted by molar-refractivity contribution is -0.122. The molecule has 0 aliphatic carbocycles. The van der Waals surface area contributed by atoms with Crippen molar-refractivity contribution in [1.29, 1.82) is 0 Å². The molecule has 0 bridgehead atoms. The normalized spacial score (nSPS) is 14.1. The smallest absolute Gasteiger partial charge is 0.259 e. The molecule has 2 heterocycles. The number of hydrogen-bond acceptors (Lipinski definition) is 5. The number of benzene rings is 2. The van der Waals surface area contributed by atoms with Crippen molar-refractivity contribution >= 4 is 44.7 Å². The maximum absolute atomic E-state index is 12.8. The quantitative estimate of drug-likeness (QED) is 0.755. The van der Waals surface area contributed by atoms with Crippen molar-refractivity contribution in [2.24, 2.45) is 0 Å². The summed E-state index contributed by atoms with van der Waals surface area (Å²) in [4.78, 5) is 31.1. The Morgan fingerprint density at radius 3 is 2.80 bits per heavy atom. The average Bonchev–Trinajstić information content (AvgIpc) is 3.16. The van der Waals surface area contributed by atoms with Crippen molar-refractivity contribution in [1.82, 2.24) is 10.3 Å². The van der Waals surface area contributed by atoms with Crippen molar-refractivity contribution in [3.05, 3.63) is 53.0 Å². The van der Waals surface area contributed by atoms with Crippen LogP contribution in [0.5, 0.6) is 0 Å². The van der Waals surface area contributed by atoms with E-state index < -0.39 is 6.04 Å². The maximum Gasteiger partial charge on any atom is 0.259 e. The highest BCUT2D eigenvalue weighted by Gasteiger charge is 2.35. The Bertz CT molecular complexity index is 992. The van der Waals surface area contributed by atoms with E-state index in [9.17, 15) is 9.59 Å². The first-order valence-corrected chi connectivity index (χ1v) is 8.77. The summed E-state index contributed by atoms with van der Waals surface area (Å²) >= 11 is 1.33. The molecular weight excluding hydrogens is 336 g/mol. The van der Waals surface area contributed by atoms with Gasteiger partial charge in [0.1, 0.15) is 6.04 Å². The number of thiazole rings is 1. The minimum absolute atomic E-state index is 0.146. The van der Waals surface area contributed by atoms with E-state index in [1.54, 1.807) is 23.3 Å². The van der Waals surface area contributed by atoms with Gasteiger partial charge in [-0.25, -0.2) is 4.98 Å². The second kappa shape index (κ2) is 5.86. The van der Waals surface area contributed by atoms with Crippen LogP contribution in [0.15, 0.2) is 41.8 Å².